The van der Waals surface area contributed by atoms with E-state index >= 15 is 0 Å². The van der Waals surface area contributed by atoms with E-state index in [1.54, 1.807) is 9.80 Å². The zero-order valence-corrected chi connectivity index (χ0v) is 15.9. The van der Waals surface area contributed by atoms with Crippen LogP contribution in [0.2, 0.25) is 0 Å². The molecule has 0 aromatic heterocycles. The molecule has 1 N–H and O–H groups in total. The molecule has 0 aliphatic carbocycles. The first-order chi connectivity index (χ1) is 12.3. The fourth-order valence-corrected chi connectivity index (χ4v) is 4.05. The van der Waals surface area contributed by atoms with E-state index in [4.69, 9.17) is 0 Å². The van der Waals surface area contributed by atoms with Gasteiger partial charge in [-0.1, -0.05) is 35.4 Å². The van der Waals surface area contributed by atoms with Crippen molar-refractivity contribution in [2.24, 2.45) is 0 Å². The average Bonchev–Trinajstić information content (AvgIpc) is 2.60. The number of likely N-dealkylation sites (tertiary alicyclic amines) is 1. The van der Waals surface area contributed by atoms with Gasteiger partial charge in [0.1, 0.15) is 0 Å². The Balaban J connectivity index is 1.71. The van der Waals surface area contributed by atoms with Crippen LogP contribution in [0, 0.1) is 13.8 Å². The molecule has 1 fully saturated rings. The second-order valence-corrected chi connectivity index (χ2v) is 7.68. The van der Waals surface area contributed by atoms with Gasteiger partial charge in [0.25, 0.3) is 5.91 Å². The summed E-state index contributed by atoms with van der Waals surface area (Å²) in [6.45, 7) is 7.48. The standard InChI is InChI=1S/C21H28N2O3/c1-15-11-16(2)13-19(12-15)18-5-9-22(10-6-18)20(25)21(26)7-4-8-23(14-21)17(3)24/h5,11-13,26H,4,6-10,14H2,1-3H3/t21-/m0/s1. The van der Waals surface area contributed by atoms with E-state index in [2.05, 4.69) is 38.1 Å². The number of carbonyl (C=O) groups excluding carboxylic acids is 2. The molecule has 2 aliphatic heterocycles. The van der Waals surface area contributed by atoms with Crippen molar-refractivity contribution in [2.75, 3.05) is 26.2 Å². The fraction of sp³-hybridized carbons (Fsp3) is 0.524. The number of carbonyl (C=O) groups is 2. The molecular formula is C21H28N2O3. The van der Waals surface area contributed by atoms with Gasteiger partial charge >= 0.3 is 0 Å². The molecule has 26 heavy (non-hydrogen) atoms. The van der Waals surface area contributed by atoms with E-state index in [1.807, 2.05) is 0 Å². The van der Waals surface area contributed by atoms with E-state index in [0.29, 0.717) is 32.5 Å². The third kappa shape index (κ3) is 3.83. The van der Waals surface area contributed by atoms with Crippen LogP contribution < -0.4 is 0 Å². The predicted molar refractivity (Wildman–Crippen MR) is 102 cm³/mol. The predicted octanol–water partition coefficient (Wildman–Crippen LogP) is 2.29. The van der Waals surface area contributed by atoms with Crippen molar-refractivity contribution in [3.8, 4) is 0 Å². The normalized spacial score (nSPS) is 23.6. The molecule has 2 aliphatic rings. The second kappa shape index (κ2) is 7.23. The summed E-state index contributed by atoms with van der Waals surface area (Å²) in [5.74, 6) is -0.342. The lowest BCUT2D eigenvalue weighted by atomic mass is 9.90. The van der Waals surface area contributed by atoms with Crippen LogP contribution in [0.5, 0.6) is 0 Å². The van der Waals surface area contributed by atoms with Crippen LogP contribution in [0.15, 0.2) is 24.3 Å². The van der Waals surface area contributed by atoms with E-state index in [0.717, 1.165) is 6.42 Å². The molecule has 0 bridgehead atoms. The maximum absolute atomic E-state index is 12.9. The molecule has 2 amide bonds. The van der Waals surface area contributed by atoms with Crippen LogP contribution >= 0.6 is 0 Å². The largest absolute Gasteiger partial charge is 0.378 e. The number of amides is 2. The molecule has 1 aromatic rings. The number of hydrogen-bond acceptors (Lipinski definition) is 3. The Labute approximate surface area is 155 Å². The molecule has 3 rings (SSSR count). The third-order valence-electron chi connectivity index (χ3n) is 5.40. The second-order valence-electron chi connectivity index (χ2n) is 7.68. The summed E-state index contributed by atoms with van der Waals surface area (Å²) in [5, 5.41) is 10.9. The summed E-state index contributed by atoms with van der Waals surface area (Å²) in [4.78, 5) is 27.8. The Morgan fingerprint density at radius 1 is 1.08 bits per heavy atom. The first kappa shape index (κ1) is 18.6. The molecule has 140 valence electrons. The molecule has 1 aromatic carbocycles. The Hall–Kier alpha value is -2.14. The number of rotatable bonds is 2. The molecule has 0 radical (unpaired) electrons. The van der Waals surface area contributed by atoms with Crippen LogP contribution in [0.3, 0.4) is 0 Å². The van der Waals surface area contributed by atoms with Gasteiger partial charge in [-0.15, -0.1) is 0 Å². The van der Waals surface area contributed by atoms with Gasteiger partial charge in [-0.25, -0.2) is 0 Å². The Morgan fingerprint density at radius 3 is 2.35 bits per heavy atom. The molecule has 1 atom stereocenters. The maximum Gasteiger partial charge on any atom is 0.256 e. The molecule has 2 heterocycles. The van der Waals surface area contributed by atoms with Gasteiger partial charge in [0.15, 0.2) is 5.60 Å². The highest BCUT2D eigenvalue weighted by molar-refractivity contribution is 5.87. The van der Waals surface area contributed by atoms with Crippen molar-refractivity contribution in [1.29, 1.82) is 0 Å². The summed E-state index contributed by atoms with van der Waals surface area (Å²) in [7, 11) is 0. The number of nitrogens with zero attached hydrogens (tertiary/aromatic N) is 2. The average molecular weight is 356 g/mol. The Bertz CT molecular complexity index is 735. The zero-order chi connectivity index (χ0) is 18.9. The smallest absolute Gasteiger partial charge is 0.256 e. The van der Waals surface area contributed by atoms with E-state index in [1.165, 1.54) is 29.2 Å². The lowest BCUT2D eigenvalue weighted by molar-refractivity contribution is -0.159. The van der Waals surface area contributed by atoms with Gasteiger partial charge in [-0.2, -0.15) is 0 Å². The lowest BCUT2D eigenvalue weighted by Crippen LogP contribution is -2.59. The highest BCUT2D eigenvalue weighted by atomic mass is 16.3. The summed E-state index contributed by atoms with van der Waals surface area (Å²) >= 11 is 0. The van der Waals surface area contributed by atoms with Gasteiger partial charge < -0.3 is 14.9 Å². The first-order valence-corrected chi connectivity index (χ1v) is 9.33. The molecule has 5 heteroatoms. The van der Waals surface area contributed by atoms with E-state index in [-0.39, 0.29) is 18.4 Å². The van der Waals surface area contributed by atoms with Gasteiger partial charge in [0.2, 0.25) is 5.91 Å². The number of benzene rings is 1. The minimum atomic E-state index is -1.45. The van der Waals surface area contributed by atoms with Gasteiger partial charge in [-0.05, 0) is 44.2 Å². The number of aliphatic hydroxyl groups is 1. The van der Waals surface area contributed by atoms with Crippen LogP contribution in [0.1, 0.15) is 42.9 Å². The van der Waals surface area contributed by atoms with Crippen molar-refractivity contribution in [2.45, 2.75) is 45.6 Å². The van der Waals surface area contributed by atoms with Crippen LogP contribution in [0.25, 0.3) is 5.57 Å². The number of piperidine rings is 1. The Kier molecular flexibility index (Phi) is 5.19. The maximum atomic E-state index is 12.9. The number of aryl methyl sites for hydroxylation is 2. The Morgan fingerprint density at radius 2 is 1.77 bits per heavy atom. The molecular weight excluding hydrogens is 328 g/mol. The van der Waals surface area contributed by atoms with Crippen LogP contribution in [-0.2, 0) is 9.59 Å². The van der Waals surface area contributed by atoms with Crippen molar-refractivity contribution in [1.82, 2.24) is 9.80 Å². The van der Waals surface area contributed by atoms with Crippen molar-refractivity contribution in [3.05, 3.63) is 41.0 Å². The van der Waals surface area contributed by atoms with E-state index in [9.17, 15) is 14.7 Å². The molecule has 5 nitrogen and oxygen atoms in total. The van der Waals surface area contributed by atoms with Crippen molar-refractivity contribution >= 4 is 17.4 Å². The third-order valence-corrected chi connectivity index (χ3v) is 5.40. The minimum absolute atomic E-state index is 0.0911. The summed E-state index contributed by atoms with van der Waals surface area (Å²) < 4.78 is 0. The molecule has 0 saturated carbocycles. The molecule has 0 spiro atoms. The van der Waals surface area contributed by atoms with Crippen molar-refractivity contribution in [3.63, 3.8) is 0 Å². The summed E-state index contributed by atoms with van der Waals surface area (Å²) in [6, 6.07) is 6.51. The zero-order valence-electron chi connectivity index (χ0n) is 15.9. The SMILES string of the molecule is CC(=O)N1CCC[C@@](O)(C(=O)N2CC=C(c3cc(C)cc(C)c3)CC2)C1. The highest BCUT2D eigenvalue weighted by Crippen LogP contribution is 2.28. The topological polar surface area (TPSA) is 60.9 Å². The summed E-state index contributed by atoms with van der Waals surface area (Å²) in [6.07, 6.45) is 3.94. The van der Waals surface area contributed by atoms with Gasteiger partial charge in [-0.3, -0.25) is 9.59 Å². The molecule has 1 saturated heterocycles. The highest BCUT2D eigenvalue weighted by Gasteiger charge is 2.43. The number of β-amino-alcohol motifs (C(OH)–C–C–N with tert-alkyl or cyclic N) is 1. The van der Waals surface area contributed by atoms with Crippen LogP contribution in [0.4, 0.5) is 0 Å². The number of hydrogen-bond donors (Lipinski definition) is 1. The minimum Gasteiger partial charge on any atom is -0.378 e. The lowest BCUT2D eigenvalue weighted by Gasteiger charge is -2.41. The van der Waals surface area contributed by atoms with Gasteiger partial charge in [0, 0.05) is 26.6 Å². The van der Waals surface area contributed by atoms with Crippen LogP contribution in [-0.4, -0.2) is 58.5 Å². The first-order valence-electron chi connectivity index (χ1n) is 9.33. The monoisotopic (exact) mass is 356 g/mol. The summed E-state index contributed by atoms with van der Waals surface area (Å²) in [5.41, 5.74) is 3.49. The van der Waals surface area contributed by atoms with E-state index < -0.39 is 5.60 Å². The fourth-order valence-electron chi connectivity index (χ4n) is 4.05. The van der Waals surface area contributed by atoms with Crippen molar-refractivity contribution < 1.29 is 14.7 Å². The quantitative estimate of drug-likeness (QED) is 0.884. The van der Waals surface area contributed by atoms with Gasteiger partial charge in [0.05, 0.1) is 6.54 Å². The molecule has 0 unspecified atom stereocenters.